The summed E-state index contributed by atoms with van der Waals surface area (Å²) in [6.07, 6.45) is 7.27. The van der Waals surface area contributed by atoms with E-state index in [2.05, 4.69) is 9.73 Å². The number of thioether (sulfide) groups is 1. The Kier molecular flexibility index (Phi) is 12.3. The van der Waals surface area contributed by atoms with Gasteiger partial charge in [0.15, 0.2) is 6.61 Å². The highest BCUT2D eigenvalue weighted by Crippen LogP contribution is 2.25. The van der Waals surface area contributed by atoms with Crippen molar-refractivity contribution >= 4 is 29.0 Å². The number of carboxylic acids is 1. The second kappa shape index (κ2) is 15.9. The van der Waals surface area contributed by atoms with Crippen LogP contribution >= 0.6 is 11.8 Å². The summed E-state index contributed by atoms with van der Waals surface area (Å²) in [5, 5.41) is 9.58. The van der Waals surface area contributed by atoms with Gasteiger partial charge in [0, 0.05) is 24.5 Å². The summed E-state index contributed by atoms with van der Waals surface area (Å²) >= 11 is 1.41. The molecule has 226 valence electrons. The van der Waals surface area contributed by atoms with Crippen LogP contribution in [-0.4, -0.2) is 54.6 Å². The van der Waals surface area contributed by atoms with E-state index in [1.165, 1.54) is 23.9 Å². The summed E-state index contributed by atoms with van der Waals surface area (Å²) in [5.41, 5.74) is 2.53. The number of hydrogen-bond acceptors (Lipinski definition) is 8. The lowest BCUT2D eigenvalue weighted by Crippen LogP contribution is -2.17. The first kappa shape index (κ1) is 32.6. The number of rotatable bonds is 13. The van der Waals surface area contributed by atoms with Crippen molar-refractivity contribution < 1.29 is 42.0 Å². The van der Waals surface area contributed by atoms with Crippen LogP contribution in [0.5, 0.6) is 5.75 Å². The molecule has 0 saturated carbocycles. The molecule has 1 N–H and O–H groups in total. The monoisotopic (exact) mass is 606 g/mol. The van der Waals surface area contributed by atoms with Gasteiger partial charge in [0.2, 0.25) is 5.88 Å². The number of benzene rings is 1. The zero-order valence-corrected chi connectivity index (χ0v) is 24.3. The molecule has 1 heterocycles. The summed E-state index contributed by atoms with van der Waals surface area (Å²) in [4.78, 5) is 20.0. The van der Waals surface area contributed by atoms with E-state index in [4.69, 9.17) is 24.3 Å². The van der Waals surface area contributed by atoms with Crippen LogP contribution in [0.1, 0.15) is 39.2 Å². The lowest BCUT2D eigenvalue weighted by atomic mass is 10.2. The van der Waals surface area contributed by atoms with Crippen molar-refractivity contribution in [2.24, 2.45) is 9.98 Å². The highest BCUT2D eigenvalue weighted by atomic mass is 32.2. The summed E-state index contributed by atoms with van der Waals surface area (Å²) < 4.78 is 58.5. The van der Waals surface area contributed by atoms with E-state index in [9.17, 15) is 18.0 Å². The molecule has 12 heteroatoms. The van der Waals surface area contributed by atoms with Gasteiger partial charge in [-0.1, -0.05) is 18.2 Å². The van der Waals surface area contributed by atoms with E-state index >= 15 is 0 Å². The van der Waals surface area contributed by atoms with Gasteiger partial charge in [-0.15, -0.1) is 24.9 Å². The van der Waals surface area contributed by atoms with E-state index in [0.717, 1.165) is 16.7 Å². The van der Waals surface area contributed by atoms with Crippen LogP contribution < -0.4 is 4.74 Å². The molecule has 0 spiro atoms. The highest BCUT2D eigenvalue weighted by Gasteiger charge is 2.31. The Balaban J connectivity index is 1.70. The van der Waals surface area contributed by atoms with Crippen molar-refractivity contribution in [1.29, 1.82) is 0 Å². The summed E-state index contributed by atoms with van der Waals surface area (Å²) in [6, 6.07) is 5.69. The predicted octanol–water partition coefficient (Wildman–Crippen LogP) is 7.12. The third-order valence-corrected chi connectivity index (χ3v) is 6.55. The van der Waals surface area contributed by atoms with Crippen LogP contribution in [0.15, 0.2) is 93.2 Å². The van der Waals surface area contributed by atoms with Gasteiger partial charge in [0.25, 0.3) is 0 Å². The zero-order valence-electron chi connectivity index (χ0n) is 23.5. The molecular formula is C30H33F3N2O6S. The maximum Gasteiger partial charge on any atom is 0.573 e. The van der Waals surface area contributed by atoms with Gasteiger partial charge >= 0.3 is 12.3 Å². The van der Waals surface area contributed by atoms with E-state index in [1.807, 2.05) is 32.1 Å². The van der Waals surface area contributed by atoms with Crippen molar-refractivity contribution in [3.63, 3.8) is 0 Å². The Morgan fingerprint density at radius 3 is 2.57 bits per heavy atom. The van der Waals surface area contributed by atoms with Crippen LogP contribution in [0.3, 0.4) is 0 Å². The molecule has 42 heavy (non-hydrogen) atoms. The lowest BCUT2D eigenvalue weighted by Gasteiger charge is -2.12. The highest BCUT2D eigenvalue weighted by molar-refractivity contribution is 8.13. The Labute approximate surface area is 247 Å². The average Bonchev–Trinajstić information content (AvgIpc) is 3.24. The number of ether oxygens (including phenoxy) is 4. The van der Waals surface area contributed by atoms with Gasteiger partial charge in [0.05, 0.1) is 12.6 Å². The Hall–Kier alpha value is -3.93. The minimum Gasteiger partial charge on any atom is -0.487 e. The Morgan fingerprint density at radius 1 is 1.12 bits per heavy atom. The Morgan fingerprint density at radius 2 is 1.88 bits per heavy atom. The first-order valence-electron chi connectivity index (χ1n) is 13.1. The quantitative estimate of drug-likeness (QED) is 0.189. The Bertz CT molecular complexity index is 1310. The van der Waals surface area contributed by atoms with Crippen LogP contribution in [0.4, 0.5) is 13.2 Å². The number of allylic oxidation sites excluding steroid dienone is 6. The molecule has 0 fully saturated rings. The third-order valence-electron chi connectivity index (χ3n) is 5.49. The molecule has 0 atom stereocenters. The topological polar surface area (TPSA) is 98.9 Å². The number of carboxylic acid groups (broad SMARTS) is 1. The van der Waals surface area contributed by atoms with Crippen molar-refractivity contribution in [3.8, 4) is 5.75 Å². The van der Waals surface area contributed by atoms with Gasteiger partial charge in [-0.05, 0) is 74.3 Å². The van der Waals surface area contributed by atoms with Crippen molar-refractivity contribution in [1.82, 2.24) is 0 Å². The largest absolute Gasteiger partial charge is 0.573 e. The molecule has 0 radical (unpaired) electrons. The summed E-state index contributed by atoms with van der Waals surface area (Å²) in [6.45, 7) is 5.76. The molecule has 0 aromatic heterocycles. The van der Waals surface area contributed by atoms with Gasteiger partial charge < -0.3 is 24.1 Å². The smallest absolute Gasteiger partial charge is 0.487 e. The number of aliphatic carboxylic acids is 1. The molecular weight excluding hydrogens is 573 g/mol. The molecule has 0 saturated heterocycles. The van der Waals surface area contributed by atoms with E-state index in [0.29, 0.717) is 47.6 Å². The molecule has 2 aliphatic rings. The minimum absolute atomic E-state index is 0.00148. The standard InChI is InChI=1S/C30H33F3N2O6S/c1-20(2)40-27-12-9-22(13-14-34-27)16-35-28(42-19-23-7-10-24(11-8-23)41-30(31,32)33)17-38-25-5-4-6-26(21(3)15-25)39-18-29(36)37/h5-12,14-15,20H,4,13,16-19H2,1-3H3,(H,36,37). The minimum atomic E-state index is -4.75. The second-order valence-corrected chi connectivity index (χ2v) is 10.5. The van der Waals surface area contributed by atoms with Crippen LogP contribution in [0.2, 0.25) is 0 Å². The summed E-state index contributed by atoms with van der Waals surface area (Å²) in [5.74, 6) is 0.689. The molecule has 0 bridgehead atoms. The van der Waals surface area contributed by atoms with Crippen molar-refractivity contribution in [2.45, 2.75) is 51.8 Å². The SMILES string of the molecule is CC1=CC(OCC(=NCC2=CC=C(OC(C)C)N=CC2)SCc2ccc(OC(F)(F)F)cc2)=CCC=C1OCC(=O)O. The number of alkyl halides is 3. The van der Waals surface area contributed by atoms with Crippen molar-refractivity contribution in [2.75, 3.05) is 19.8 Å². The lowest BCUT2D eigenvalue weighted by molar-refractivity contribution is -0.274. The van der Waals surface area contributed by atoms with Crippen molar-refractivity contribution in [3.05, 3.63) is 88.8 Å². The van der Waals surface area contributed by atoms with E-state index in [1.54, 1.807) is 37.4 Å². The molecule has 1 aliphatic carbocycles. The molecule has 0 amide bonds. The number of nitrogens with zero attached hydrogens (tertiary/aromatic N) is 2. The zero-order chi connectivity index (χ0) is 30.5. The average molecular weight is 607 g/mol. The second-order valence-electron chi connectivity index (χ2n) is 9.41. The molecule has 1 aromatic carbocycles. The molecule has 0 unspecified atom stereocenters. The van der Waals surface area contributed by atoms with Crippen LogP contribution in [-0.2, 0) is 24.8 Å². The van der Waals surface area contributed by atoms with Crippen LogP contribution in [0.25, 0.3) is 0 Å². The molecule has 8 nitrogen and oxygen atoms in total. The maximum absolute atomic E-state index is 12.5. The number of hydrogen-bond donors (Lipinski definition) is 1. The predicted molar refractivity (Wildman–Crippen MR) is 156 cm³/mol. The number of aliphatic imine (C=N–C) groups is 2. The molecule has 3 rings (SSSR count). The number of carbonyl (C=O) groups is 1. The maximum atomic E-state index is 12.5. The van der Waals surface area contributed by atoms with Gasteiger partial charge in [-0.25, -0.2) is 9.79 Å². The number of halogens is 3. The van der Waals surface area contributed by atoms with Crippen LogP contribution in [0, 0.1) is 0 Å². The molecule has 1 aromatic rings. The molecule has 1 aliphatic heterocycles. The van der Waals surface area contributed by atoms with E-state index in [-0.39, 0.29) is 18.5 Å². The fourth-order valence-corrected chi connectivity index (χ4v) is 4.43. The summed E-state index contributed by atoms with van der Waals surface area (Å²) in [7, 11) is 0. The van der Waals surface area contributed by atoms with Gasteiger partial charge in [-0.3, -0.25) is 4.99 Å². The fourth-order valence-electron chi connectivity index (χ4n) is 3.60. The fraction of sp³-hybridized carbons (Fsp3) is 0.367. The van der Waals surface area contributed by atoms with Gasteiger partial charge in [0.1, 0.15) is 28.9 Å². The first-order valence-corrected chi connectivity index (χ1v) is 14.1. The normalized spacial score (nSPS) is 15.9. The van der Waals surface area contributed by atoms with E-state index < -0.39 is 18.9 Å². The first-order chi connectivity index (χ1) is 20.0. The third kappa shape index (κ3) is 12.3. The van der Waals surface area contributed by atoms with Gasteiger partial charge in [-0.2, -0.15) is 0 Å².